The Morgan fingerprint density at radius 2 is 1.65 bits per heavy atom. The number of nitrogens with one attached hydrogen (secondary N) is 2. The first-order chi connectivity index (χ1) is 9.50. The van der Waals surface area contributed by atoms with Crippen LogP contribution in [0.15, 0.2) is 0 Å². The van der Waals surface area contributed by atoms with E-state index in [1.54, 1.807) is 0 Å². The van der Waals surface area contributed by atoms with Crippen LogP contribution in [0.2, 0.25) is 0 Å². The van der Waals surface area contributed by atoms with Crippen molar-refractivity contribution in [1.82, 2.24) is 15.0 Å². The van der Waals surface area contributed by atoms with Crippen molar-refractivity contribution in [2.75, 3.05) is 42.8 Å². The molecule has 0 radical (unpaired) electrons. The van der Waals surface area contributed by atoms with Crippen molar-refractivity contribution in [1.29, 1.82) is 0 Å². The predicted octanol–water partition coefficient (Wildman–Crippen LogP) is 1.33. The lowest BCUT2D eigenvalue weighted by Crippen LogP contribution is -2.41. The second kappa shape index (κ2) is 7.23. The number of anilines is 3. The molecule has 0 atom stereocenters. The zero-order valence-electron chi connectivity index (χ0n) is 13.1. The Kier molecular flexibility index (Phi) is 5.94. The molecule has 7 nitrogen and oxygen atoms in total. The Balaban J connectivity index is 3.09. The standard InChI is InChI=1S/C13H26N6O/c1-6-13(7-2,9-20)18-11-15-10(14-8-3)16-12(17-11)19(4)5/h20H,6-9H2,1-5H3,(H2,14,15,16,17,18). The highest BCUT2D eigenvalue weighted by Gasteiger charge is 2.26. The summed E-state index contributed by atoms with van der Waals surface area (Å²) >= 11 is 0. The third-order valence-electron chi connectivity index (χ3n) is 3.39. The fraction of sp³-hybridized carbons (Fsp3) is 0.769. The first-order valence-electron chi connectivity index (χ1n) is 7.06. The van der Waals surface area contributed by atoms with Crippen LogP contribution in [0, 0.1) is 0 Å². The van der Waals surface area contributed by atoms with Crippen LogP contribution in [-0.4, -0.2) is 52.8 Å². The van der Waals surface area contributed by atoms with E-state index in [1.165, 1.54) is 0 Å². The van der Waals surface area contributed by atoms with Gasteiger partial charge in [0.05, 0.1) is 12.1 Å². The van der Waals surface area contributed by atoms with E-state index >= 15 is 0 Å². The van der Waals surface area contributed by atoms with Crippen LogP contribution in [0.3, 0.4) is 0 Å². The fourth-order valence-corrected chi connectivity index (χ4v) is 1.78. The molecule has 0 saturated carbocycles. The van der Waals surface area contributed by atoms with E-state index in [4.69, 9.17) is 0 Å². The van der Waals surface area contributed by atoms with Gasteiger partial charge in [0, 0.05) is 20.6 Å². The Bertz CT molecular complexity index is 411. The summed E-state index contributed by atoms with van der Waals surface area (Å²) in [5.74, 6) is 1.60. The van der Waals surface area contributed by atoms with Crippen LogP contribution < -0.4 is 15.5 Å². The van der Waals surface area contributed by atoms with E-state index in [2.05, 4.69) is 25.6 Å². The van der Waals surface area contributed by atoms with Crippen molar-refractivity contribution >= 4 is 17.8 Å². The van der Waals surface area contributed by atoms with E-state index in [0.29, 0.717) is 17.8 Å². The summed E-state index contributed by atoms with van der Waals surface area (Å²) in [6.45, 7) is 6.84. The fourth-order valence-electron chi connectivity index (χ4n) is 1.78. The SMILES string of the molecule is CCNc1nc(NC(CC)(CC)CO)nc(N(C)C)n1. The van der Waals surface area contributed by atoms with E-state index in [1.807, 2.05) is 39.8 Å². The average Bonchev–Trinajstić information content (AvgIpc) is 2.45. The van der Waals surface area contributed by atoms with Gasteiger partial charge < -0.3 is 20.6 Å². The van der Waals surface area contributed by atoms with Gasteiger partial charge in [-0.2, -0.15) is 15.0 Å². The molecule has 0 aromatic carbocycles. The zero-order chi connectivity index (χ0) is 15.2. The second-order valence-corrected chi connectivity index (χ2v) is 4.98. The summed E-state index contributed by atoms with van der Waals surface area (Å²) in [6, 6.07) is 0. The Labute approximate surface area is 120 Å². The molecule has 0 amide bonds. The molecule has 0 aliphatic heterocycles. The van der Waals surface area contributed by atoms with Crippen LogP contribution in [-0.2, 0) is 0 Å². The zero-order valence-corrected chi connectivity index (χ0v) is 13.1. The summed E-state index contributed by atoms with van der Waals surface area (Å²) in [7, 11) is 3.77. The summed E-state index contributed by atoms with van der Waals surface area (Å²) in [4.78, 5) is 14.9. The molecular formula is C13H26N6O. The summed E-state index contributed by atoms with van der Waals surface area (Å²) in [5.41, 5.74) is -0.394. The molecule has 1 aromatic rings. The molecule has 0 fully saturated rings. The van der Waals surface area contributed by atoms with Crippen molar-refractivity contribution in [2.24, 2.45) is 0 Å². The van der Waals surface area contributed by atoms with Gasteiger partial charge >= 0.3 is 0 Å². The lowest BCUT2D eigenvalue weighted by molar-refractivity contribution is 0.201. The van der Waals surface area contributed by atoms with Gasteiger partial charge in [0.2, 0.25) is 17.8 Å². The number of hydrogen-bond donors (Lipinski definition) is 3. The van der Waals surface area contributed by atoms with E-state index < -0.39 is 5.54 Å². The molecule has 0 spiro atoms. The maximum absolute atomic E-state index is 9.63. The topological polar surface area (TPSA) is 86.2 Å². The number of aliphatic hydroxyl groups is 1. The van der Waals surface area contributed by atoms with E-state index in [9.17, 15) is 5.11 Å². The quantitative estimate of drug-likeness (QED) is 0.663. The van der Waals surface area contributed by atoms with Gasteiger partial charge in [-0.1, -0.05) is 13.8 Å². The summed E-state index contributed by atoms with van der Waals surface area (Å²) in [6.07, 6.45) is 1.58. The lowest BCUT2D eigenvalue weighted by Gasteiger charge is -2.31. The van der Waals surface area contributed by atoms with Gasteiger partial charge in [0.15, 0.2) is 0 Å². The largest absolute Gasteiger partial charge is 0.394 e. The molecule has 20 heavy (non-hydrogen) atoms. The van der Waals surface area contributed by atoms with Crippen molar-refractivity contribution in [3.63, 3.8) is 0 Å². The maximum atomic E-state index is 9.63. The number of hydrogen-bond acceptors (Lipinski definition) is 7. The van der Waals surface area contributed by atoms with E-state index in [0.717, 1.165) is 19.4 Å². The number of rotatable bonds is 8. The number of aromatic nitrogens is 3. The molecule has 3 N–H and O–H groups in total. The van der Waals surface area contributed by atoms with Crippen LogP contribution in [0.1, 0.15) is 33.6 Å². The van der Waals surface area contributed by atoms with Crippen LogP contribution in [0.5, 0.6) is 0 Å². The molecule has 0 aliphatic rings. The van der Waals surface area contributed by atoms with Gasteiger partial charge in [-0.3, -0.25) is 0 Å². The van der Waals surface area contributed by atoms with E-state index in [-0.39, 0.29) is 6.61 Å². The minimum absolute atomic E-state index is 0.0412. The third-order valence-corrected chi connectivity index (χ3v) is 3.39. The Morgan fingerprint density at radius 3 is 2.10 bits per heavy atom. The molecule has 7 heteroatoms. The van der Waals surface area contributed by atoms with Crippen molar-refractivity contribution in [2.45, 2.75) is 39.2 Å². The third kappa shape index (κ3) is 3.93. The Morgan fingerprint density at radius 1 is 1.05 bits per heavy atom. The number of nitrogens with zero attached hydrogens (tertiary/aromatic N) is 4. The molecule has 114 valence electrons. The summed E-state index contributed by atoms with van der Waals surface area (Å²) in [5, 5.41) is 16.0. The molecule has 1 heterocycles. The van der Waals surface area contributed by atoms with Gasteiger partial charge in [0.25, 0.3) is 0 Å². The number of aliphatic hydroxyl groups excluding tert-OH is 1. The van der Waals surface area contributed by atoms with Gasteiger partial charge in [-0.15, -0.1) is 0 Å². The lowest BCUT2D eigenvalue weighted by atomic mass is 9.94. The molecule has 0 aliphatic carbocycles. The van der Waals surface area contributed by atoms with Crippen LogP contribution in [0.4, 0.5) is 17.8 Å². The molecular weight excluding hydrogens is 256 g/mol. The highest BCUT2D eigenvalue weighted by molar-refractivity contribution is 5.44. The first kappa shape index (κ1) is 16.4. The first-order valence-corrected chi connectivity index (χ1v) is 7.06. The second-order valence-electron chi connectivity index (χ2n) is 4.98. The molecule has 0 unspecified atom stereocenters. The van der Waals surface area contributed by atoms with Gasteiger partial charge in [0.1, 0.15) is 0 Å². The van der Waals surface area contributed by atoms with Crippen molar-refractivity contribution < 1.29 is 5.11 Å². The van der Waals surface area contributed by atoms with Crippen LogP contribution in [0.25, 0.3) is 0 Å². The highest BCUT2D eigenvalue weighted by atomic mass is 16.3. The minimum atomic E-state index is -0.394. The molecule has 1 rings (SSSR count). The smallest absolute Gasteiger partial charge is 0.231 e. The summed E-state index contributed by atoms with van der Waals surface area (Å²) < 4.78 is 0. The average molecular weight is 282 g/mol. The highest BCUT2D eigenvalue weighted by Crippen LogP contribution is 2.21. The van der Waals surface area contributed by atoms with Crippen molar-refractivity contribution in [3.05, 3.63) is 0 Å². The monoisotopic (exact) mass is 282 g/mol. The normalized spacial score (nSPS) is 11.3. The minimum Gasteiger partial charge on any atom is -0.394 e. The molecule has 0 bridgehead atoms. The molecule has 1 aromatic heterocycles. The Hall–Kier alpha value is -1.63. The predicted molar refractivity (Wildman–Crippen MR) is 82.3 cm³/mol. The maximum Gasteiger partial charge on any atom is 0.231 e. The van der Waals surface area contributed by atoms with Crippen molar-refractivity contribution in [3.8, 4) is 0 Å². The van der Waals surface area contributed by atoms with Gasteiger partial charge in [-0.05, 0) is 19.8 Å². The molecule has 0 saturated heterocycles. The van der Waals surface area contributed by atoms with Gasteiger partial charge in [-0.25, -0.2) is 0 Å². The van der Waals surface area contributed by atoms with Crippen LogP contribution >= 0.6 is 0 Å².